The Bertz CT molecular complexity index is 1500. The Morgan fingerprint density at radius 2 is 2.03 bits per heavy atom. The molecule has 3 aromatic heterocycles. The minimum atomic E-state index is -0.244. The van der Waals surface area contributed by atoms with Crippen molar-refractivity contribution < 1.29 is 9.53 Å². The van der Waals surface area contributed by atoms with E-state index in [1.807, 2.05) is 12.1 Å². The van der Waals surface area contributed by atoms with Crippen molar-refractivity contribution in [3.63, 3.8) is 0 Å². The van der Waals surface area contributed by atoms with Crippen molar-refractivity contribution >= 4 is 55.7 Å². The zero-order chi connectivity index (χ0) is 22.9. The molecule has 0 atom stereocenters. The molecule has 12 heteroatoms. The van der Waals surface area contributed by atoms with Crippen molar-refractivity contribution in [2.75, 3.05) is 31.5 Å². The summed E-state index contributed by atoms with van der Waals surface area (Å²) >= 11 is 7.58. The number of fused-ring (bicyclic) bond motifs is 6. The molecule has 10 nitrogen and oxygen atoms in total. The standard InChI is InChI=1S/C22H19ClN8O2S/c23-21-29-11-3-4-24-5-10(11)20(30-21)33-14-6-26-16-12(28-14)1-2-13-15(16)17-18(34-13)19(32)31-22(9-27-17)7-25-8-22/h1-2,6,24-25,27H,3-5,7-9H2,(H,31,32). The van der Waals surface area contributed by atoms with Crippen LogP contribution in [-0.4, -0.2) is 57.6 Å². The predicted octanol–water partition coefficient (Wildman–Crippen LogP) is 2.22. The van der Waals surface area contributed by atoms with Crippen molar-refractivity contribution in [2.24, 2.45) is 0 Å². The Labute approximate surface area is 202 Å². The molecule has 1 amide bonds. The molecule has 3 aliphatic heterocycles. The van der Waals surface area contributed by atoms with Crippen molar-refractivity contribution in [1.29, 1.82) is 0 Å². The largest absolute Gasteiger partial charge is 0.418 e. The van der Waals surface area contributed by atoms with Crippen LogP contribution in [0.2, 0.25) is 5.28 Å². The van der Waals surface area contributed by atoms with Gasteiger partial charge in [0.1, 0.15) is 4.88 Å². The van der Waals surface area contributed by atoms with Gasteiger partial charge in [-0.15, -0.1) is 11.3 Å². The van der Waals surface area contributed by atoms with E-state index in [9.17, 15) is 4.79 Å². The third-order valence-corrected chi connectivity index (χ3v) is 7.85. The number of hydrogen-bond acceptors (Lipinski definition) is 10. The summed E-state index contributed by atoms with van der Waals surface area (Å²) in [5.74, 6) is 0.655. The molecular weight excluding hydrogens is 476 g/mol. The van der Waals surface area contributed by atoms with Crippen molar-refractivity contribution in [3.05, 3.63) is 39.7 Å². The lowest BCUT2D eigenvalue weighted by molar-refractivity contribution is 0.0877. The second-order valence-corrected chi connectivity index (χ2v) is 10.2. The number of hydrogen-bond donors (Lipinski definition) is 4. The zero-order valence-electron chi connectivity index (χ0n) is 17.9. The number of aromatic nitrogens is 4. The fraction of sp³-hybridized carbons (Fsp3) is 0.318. The number of nitrogens with zero attached hydrogens (tertiary/aromatic N) is 4. The van der Waals surface area contributed by atoms with Crippen LogP contribution in [0.5, 0.6) is 11.8 Å². The van der Waals surface area contributed by atoms with Gasteiger partial charge >= 0.3 is 0 Å². The molecule has 1 fully saturated rings. The quantitative estimate of drug-likeness (QED) is 0.310. The van der Waals surface area contributed by atoms with E-state index in [0.29, 0.717) is 35.2 Å². The Morgan fingerprint density at radius 3 is 2.88 bits per heavy atom. The van der Waals surface area contributed by atoms with Crippen molar-refractivity contribution in [3.8, 4) is 11.8 Å². The summed E-state index contributed by atoms with van der Waals surface area (Å²) in [7, 11) is 0. The summed E-state index contributed by atoms with van der Waals surface area (Å²) in [5, 5.41) is 14.3. The van der Waals surface area contributed by atoms with Crippen molar-refractivity contribution in [1.82, 2.24) is 35.9 Å². The molecule has 1 aromatic carbocycles. The van der Waals surface area contributed by atoms with E-state index in [1.165, 1.54) is 11.3 Å². The molecule has 6 heterocycles. The highest BCUT2D eigenvalue weighted by molar-refractivity contribution is 7.21. The minimum Gasteiger partial charge on any atom is -0.418 e. The molecule has 0 unspecified atom stereocenters. The number of amides is 1. The summed E-state index contributed by atoms with van der Waals surface area (Å²) in [6, 6.07) is 3.87. The molecule has 3 aliphatic rings. The van der Waals surface area contributed by atoms with Gasteiger partial charge in [0.05, 0.1) is 39.7 Å². The molecular formula is C22H19ClN8O2S. The lowest BCUT2D eigenvalue weighted by Gasteiger charge is -2.42. The lowest BCUT2D eigenvalue weighted by Crippen LogP contribution is -2.71. The Balaban J connectivity index is 1.29. The Kier molecular flexibility index (Phi) is 4.44. The van der Waals surface area contributed by atoms with Gasteiger partial charge in [0.25, 0.3) is 5.91 Å². The molecule has 1 spiro atoms. The molecule has 4 N–H and O–H groups in total. The fourth-order valence-corrected chi connectivity index (χ4v) is 5.99. The van der Waals surface area contributed by atoms with E-state index in [4.69, 9.17) is 16.3 Å². The SMILES string of the molecule is O=C1NC2(CNC2)CNc2c1sc1ccc3nc(Oc4nc(Cl)nc5c4CNCC5)cnc3c21. The molecule has 172 valence electrons. The van der Waals surface area contributed by atoms with Gasteiger partial charge in [-0.2, -0.15) is 4.98 Å². The summed E-state index contributed by atoms with van der Waals surface area (Å²) < 4.78 is 7.01. The van der Waals surface area contributed by atoms with Gasteiger partial charge in [0.2, 0.25) is 17.0 Å². The van der Waals surface area contributed by atoms with Crippen LogP contribution < -0.4 is 26.0 Å². The third kappa shape index (κ3) is 3.12. The maximum Gasteiger partial charge on any atom is 0.264 e. The lowest BCUT2D eigenvalue weighted by atomic mass is 9.92. The van der Waals surface area contributed by atoms with Crippen LogP contribution in [0.3, 0.4) is 0 Å². The molecule has 0 saturated carbocycles. The predicted molar refractivity (Wildman–Crippen MR) is 129 cm³/mol. The number of ether oxygens (including phenoxy) is 1. The van der Waals surface area contributed by atoms with Crippen LogP contribution in [0, 0.1) is 0 Å². The second-order valence-electron chi connectivity index (χ2n) is 8.76. The number of thiophene rings is 1. The molecule has 0 aliphatic carbocycles. The Morgan fingerprint density at radius 1 is 1.12 bits per heavy atom. The number of rotatable bonds is 2. The summed E-state index contributed by atoms with van der Waals surface area (Å²) in [4.78, 5) is 31.6. The van der Waals surface area contributed by atoms with Crippen molar-refractivity contribution in [2.45, 2.75) is 18.5 Å². The van der Waals surface area contributed by atoms with Crippen LogP contribution in [0.15, 0.2) is 18.3 Å². The van der Waals surface area contributed by atoms with E-state index in [-0.39, 0.29) is 16.7 Å². The van der Waals surface area contributed by atoms with Gasteiger partial charge in [-0.25, -0.2) is 15.0 Å². The average molecular weight is 495 g/mol. The maximum atomic E-state index is 13.0. The molecule has 0 bridgehead atoms. The number of nitrogens with one attached hydrogen (secondary N) is 4. The number of halogens is 1. The molecule has 1 saturated heterocycles. The second kappa shape index (κ2) is 7.44. The van der Waals surface area contributed by atoms with Crippen LogP contribution in [0.4, 0.5) is 5.69 Å². The summed E-state index contributed by atoms with van der Waals surface area (Å²) in [5.41, 5.74) is 3.72. The average Bonchev–Trinajstić information content (AvgIpc) is 3.12. The van der Waals surface area contributed by atoms with E-state index >= 15 is 0 Å². The van der Waals surface area contributed by atoms with Gasteiger partial charge in [0.15, 0.2) is 0 Å². The topological polar surface area (TPSA) is 126 Å². The molecule has 4 aromatic rings. The number of benzene rings is 1. The van der Waals surface area contributed by atoms with E-state index in [1.54, 1.807) is 6.20 Å². The number of carbonyl (C=O) groups excluding carboxylic acids is 1. The first-order valence-corrected chi connectivity index (χ1v) is 12.2. The molecule has 34 heavy (non-hydrogen) atoms. The first kappa shape index (κ1) is 20.3. The van der Waals surface area contributed by atoms with Gasteiger partial charge in [-0.1, -0.05) is 0 Å². The first-order chi connectivity index (χ1) is 16.6. The molecule has 0 radical (unpaired) electrons. The van der Waals surface area contributed by atoms with Gasteiger partial charge in [-0.05, 0) is 23.7 Å². The highest BCUT2D eigenvalue weighted by atomic mass is 35.5. The zero-order valence-corrected chi connectivity index (χ0v) is 19.4. The van der Waals surface area contributed by atoms with Gasteiger partial charge in [-0.3, -0.25) is 4.79 Å². The summed E-state index contributed by atoms with van der Waals surface area (Å²) in [6.45, 7) is 3.61. The third-order valence-electron chi connectivity index (χ3n) is 6.53. The van der Waals surface area contributed by atoms with Gasteiger partial charge in [0, 0.05) is 49.2 Å². The first-order valence-electron chi connectivity index (χ1n) is 11.0. The Hall–Kier alpha value is -3.12. The minimum absolute atomic E-state index is 0.0530. The molecule has 7 rings (SSSR count). The number of carbonyl (C=O) groups is 1. The van der Waals surface area contributed by atoms with E-state index < -0.39 is 0 Å². The maximum absolute atomic E-state index is 13.0. The van der Waals surface area contributed by atoms with Crippen LogP contribution in [0.1, 0.15) is 20.9 Å². The summed E-state index contributed by atoms with van der Waals surface area (Å²) in [6.07, 6.45) is 2.34. The van der Waals surface area contributed by atoms with Crippen LogP contribution >= 0.6 is 22.9 Å². The monoisotopic (exact) mass is 494 g/mol. The highest BCUT2D eigenvalue weighted by Crippen LogP contribution is 2.41. The number of anilines is 1. The van der Waals surface area contributed by atoms with E-state index in [0.717, 1.165) is 58.6 Å². The van der Waals surface area contributed by atoms with Crippen LogP contribution in [0.25, 0.3) is 21.1 Å². The fourth-order valence-electron chi connectivity index (χ4n) is 4.73. The smallest absolute Gasteiger partial charge is 0.264 e. The van der Waals surface area contributed by atoms with Crippen LogP contribution in [-0.2, 0) is 13.0 Å². The normalized spacial score (nSPS) is 18.6. The van der Waals surface area contributed by atoms with Gasteiger partial charge < -0.3 is 26.0 Å². The highest BCUT2D eigenvalue weighted by Gasteiger charge is 2.41. The van der Waals surface area contributed by atoms with E-state index in [2.05, 4.69) is 41.2 Å².